The number of nitrogens with one attached hydrogen (secondary N) is 2. The molecule has 0 fully saturated rings. The molecule has 126 valence electrons. The van der Waals surface area contributed by atoms with Crippen molar-refractivity contribution in [2.45, 2.75) is 78.0 Å². The number of ether oxygens (including phenoxy) is 2. The van der Waals surface area contributed by atoms with Crippen molar-refractivity contribution in [2.24, 2.45) is 0 Å². The second kappa shape index (κ2) is 9.26. The van der Waals surface area contributed by atoms with Crippen LogP contribution >= 0.6 is 0 Å². The van der Waals surface area contributed by atoms with E-state index in [1.54, 1.807) is 7.11 Å². The van der Waals surface area contributed by atoms with Crippen molar-refractivity contribution in [2.75, 3.05) is 20.2 Å². The summed E-state index contributed by atoms with van der Waals surface area (Å²) in [7, 11) is 1.73. The van der Waals surface area contributed by atoms with Gasteiger partial charge in [-0.15, -0.1) is 0 Å². The van der Waals surface area contributed by atoms with E-state index in [1.807, 2.05) is 20.8 Å². The smallest absolute Gasteiger partial charge is 0.407 e. The minimum Gasteiger partial charge on any atom is -0.444 e. The zero-order chi connectivity index (χ0) is 16.5. The van der Waals surface area contributed by atoms with Crippen LogP contribution < -0.4 is 10.6 Å². The van der Waals surface area contributed by atoms with Crippen LogP contribution in [0.25, 0.3) is 0 Å². The summed E-state index contributed by atoms with van der Waals surface area (Å²) in [5.41, 5.74) is -0.581. The van der Waals surface area contributed by atoms with Crippen LogP contribution in [0.1, 0.15) is 60.8 Å². The van der Waals surface area contributed by atoms with Crippen LogP contribution in [0.5, 0.6) is 0 Å². The van der Waals surface area contributed by atoms with Gasteiger partial charge in [-0.05, 0) is 54.0 Å². The molecule has 0 spiro atoms. The first-order chi connectivity index (χ1) is 9.59. The van der Waals surface area contributed by atoms with Crippen molar-refractivity contribution < 1.29 is 14.3 Å². The fourth-order valence-electron chi connectivity index (χ4n) is 1.82. The molecule has 1 unspecified atom stereocenters. The molecule has 0 radical (unpaired) electrons. The molecular formula is C16H34N2O3. The van der Waals surface area contributed by atoms with Gasteiger partial charge in [-0.25, -0.2) is 4.79 Å². The molecule has 0 aromatic carbocycles. The number of methoxy groups -OCH3 is 1. The van der Waals surface area contributed by atoms with Gasteiger partial charge in [-0.3, -0.25) is 0 Å². The Hall–Kier alpha value is -0.810. The highest BCUT2D eigenvalue weighted by atomic mass is 16.6. The minimum absolute atomic E-state index is 0.123. The lowest BCUT2D eigenvalue weighted by Gasteiger charge is -2.26. The van der Waals surface area contributed by atoms with Gasteiger partial charge in [0.1, 0.15) is 5.60 Å². The molecule has 5 nitrogen and oxygen atoms in total. The largest absolute Gasteiger partial charge is 0.444 e. The first kappa shape index (κ1) is 20.2. The maximum atomic E-state index is 11.7. The highest BCUT2D eigenvalue weighted by Gasteiger charge is 2.19. The molecular weight excluding hydrogens is 268 g/mol. The quantitative estimate of drug-likeness (QED) is 0.687. The van der Waals surface area contributed by atoms with E-state index in [9.17, 15) is 4.79 Å². The molecule has 0 aliphatic rings. The number of carbonyl (C=O) groups excluding carboxylic acids is 1. The Balaban J connectivity index is 4.10. The first-order valence-corrected chi connectivity index (χ1v) is 7.85. The minimum atomic E-state index is -0.458. The Bertz CT molecular complexity index is 298. The number of carbonyl (C=O) groups is 1. The summed E-state index contributed by atoms with van der Waals surface area (Å²) in [4.78, 5) is 11.7. The van der Waals surface area contributed by atoms with Crippen LogP contribution in [-0.2, 0) is 9.47 Å². The number of hydrogen-bond acceptors (Lipinski definition) is 4. The molecule has 0 heterocycles. The van der Waals surface area contributed by atoms with Gasteiger partial charge in [0, 0.05) is 19.7 Å². The van der Waals surface area contributed by atoms with Crippen molar-refractivity contribution in [3.8, 4) is 0 Å². The molecule has 0 rings (SSSR count). The van der Waals surface area contributed by atoms with Crippen molar-refractivity contribution in [1.82, 2.24) is 10.6 Å². The molecule has 0 aromatic rings. The topological polar surface area (TPSA) is 59.6 Å². The van der Waals surface area contributed by atoms with E-state index in [2.05, 4.69) is 31.4 Å². The van der Waals surface area contributed by atoms with Crippen LogP contribution in [-0.4, -0.2) is 43.5 Å². The molecule has 0 saturated carbocycles. The van der Waals surface area contributed by atoms with Crippen LogP contribution in [0.4, 0.5) is 4.79 Å². The summed E-state index contributed by atoms with van der Waals surface area (Å²) < 4.78 is 10.6. The van der Waals surface area contributed by atoms with Crippen molar-refractivity contribution in [3.63, 3.8) is 0 Å². The third-order valence-corrected chi connectivity index (χ3v) is 3.24. The molecule has 0 aliphatic carbocycles. The van der Waals surface area contributed by atoms with Gasteiger partial charge in [0.05, 0.1) is 5.60 Å². The van der Waals surface area contributed by atoms with E-state index < -0.39 is 5.60 Å². The highest BCUT2D eigenvalue weighted by Crippen LogP contribution is 2.12. The summed E-state index contributed by atoms with van der Waals surface area (Å²) in [6.45, 7) is 13.3. The maximum absolute atomic E-state index is 11.7. The van der Waals surface area contributed by atoms with Crippen molar-refractivity contribution in [1.29, 1.82) is 0 Å². The molecule has 0 bridgehead atoms. The number of alkyl carbamates (subject to hydrolysis) is 1. The van der Waals surface area contributed by atoms with E-state index in [-0.39, 0.29) is 17.7 Å². The molecule has 21 heavy (non-hydrogen) atoms. The van der Waals surface area contributed by atoms with Gasteiger partial charge < -0.3 is 20.1 Å². The summed E-state index contributed by atoms with van der Waals surface area (Å²) in [5.74, 6) is 0. The Kier molecular flexibility index (Phi) is 8.90. The molecule has 0 aliphatic heterocycles. The lowest BCUT2D eigenvalue weighted by atomic mass is 10.0. The zero-order valence-corrected chi connectivity index (χ0v) is 14.8. The Morgan fingerprint density at radius 2 is 1.81 bits per heavy atom. The van der Waals surface area contributed by atoms with E-state index in [0.29, 0.717) is 6.54 Å². The molecule has 1 amide bonds. The Morgan fingerprint density at radius 1 is 1.19 bits per heavy atom. The SMILES string of the molecule is CCCC(CNC(=O)OC(C)(C)C)NCCC(C)(C)OC. The average molecular weight is 302 g/mol. The van der Waals surface area contributed by atoms with Gasteiger partial charge in [0.25, 0.3) is 0 Å². The molecule has 1 atom stereocenters. The van der Waals surface area contributed by atoms with Crippen molar-refractivity contribution in [3.05, 3.63) is 0 Å². The van der Waals surface area contributed by atoms with E-state index >= 15 is 0 Å². The van der Waals surface area contributed by atoms with Crippen LogP contribution in [0.3, 0.4) is 0 Å². The third-order valence-electron chi connectivity index (χ3n) is 3.24. The van der Waals surface area contributed by atoms with Gasteiger partial charge in [-0.1, -0.05) is 13.3 Å². The summed E-state index contributed by atoms with van der Waals surface area (Å²) >= 11 is 0. The van der Waals surface area contributed by atoms with Gasteiger partial charge in [0.2, 0.25) is 0 Å². The highest BCUT2D eigenvalue weighted by molar-refractivity contribution is 5.67. The molecule has 2 N–H and O–H groups in total. The fourth-order valence-corrected chi connectivity index (χ4v) is 1.82. The number of rotatable bonds is 9. The lowest BCUT2D eigenvalue weighted by molar-refractivity contribution is 0.0151. The summed E-state index contributed by atoms with van der Waals surface area (Å²) in [6.07, 6.45) is 2.66. The van der Waals surface area contributed by atoms with E-state index in [1.165, 1.54) is 0 Å². The Morgan fingerprint density at radius 3 is 2.29 bits per heavy atom. The predicted octanol–water partition coefficient (Wildman–Crippen LogP) is 3.08. The Labute approximate surface area is 130 Å². The van der Waals surface area contributed by atoms with Gasteiger partial charge in [0.15, 0.2) is 0 Å². The van der Waals surface area contributed by atoms with E-state index in [4.69, 9.17) is 9.47 Å². The molecule has 0 aromatic heterocycles. The zero-order valence-electron chi connectivity index (χ0n) is 14.8. The second-order valence-corrected chi connectivity index (χ2v) is 7.04. The predicted molar refractivity (Wildman–Crippen MR) is 86.6 cm³/mol. The van der Waals surface area contributed by atoms with Crippen molar-refractivity contribution >= 4 is 6.09 Å². The summed E-state index contributed by atoms with van der Waals surface area (Å²) in [6, 6.07) is 0.259. The third kappa shape index (κ3) is 11.5. The summed E-state index contributed by atoms with van der Waals surface area (Å²) in [5, 5.41) is 6.31. The average Bonchev–Trinajstić information content (AvgIpc) is 2.33. The van der Waals surface area contributed by atoms with E-state index in [0.717, 1.165) is 25.8 Å². The fraction of sp³-hybridized carbons (Fsp3) is 0.938. The maximum Gasteiger partial charge on any atom is 0.407 e. The van der Waals surface area contributed by atoms with Crippen LogP contribution in [0.15, 0.2) is 0 Å². The van der Waals surface area contributed by atoms with Crippen LogP contribution in [0.2, 0.25) is 0 Å². The monoisotopic (exact) mass is 302 g/mol. The normalized spacial score (nSPS) is 13.9. The van der Waals surface area contributed by atoms with Gasteiger partial charge in [-0.2, -0.15) is 0 Å². The standard InChI is InChI=1S/C16H34N2O3/c1-8-9-13(17-11-10-16(5,6)20-7)12-18-14(19)21-15(2,3)4/h13,17H,8-12H2,1-7H3,(H,18,19). The number of hydrogen-bond donors (Lipinski definition) is 2. The van der Waals surface area contributed by atoms with Crippen LogP contribution in [0, 0.1) is 0 Å². The lowest BCUT2D eigenvalue weighted by Crippen LogP contribution is -2.44. The molecule has 0 saturated heterocycles. The first-order valence-electron chi connectivity index (χ1n) is 7.85. The molecule has 5 heteroatoms. The van der Waals surface area contributed by atoms with Gasteiger partial charge >= 0.3 is 6.09 Å². The second-order valence-electron chi connectivity index (χ2n) is 7.04. The number of amides is 1.